The first-order valence-electron chi connectivity index (χ1n) is 7.62. The average molecular weight is 287 g/mol. The zero-order chi connectivity index (χ0) is 13.5. The molecule has 0 saturated carbocycles. The first kappa shape index (κ1) is 12.6. The number of piperidine rings is 2. The molecule has 1 N–H and O–H groups in total. The molecular formula is C16H21N3S. The van der Waals surface area contributed by atoms with E-state index in [0.29, 0.717) is 6.04 Å². The van der Waals surface area contributed by atoms with Crippen molar-refractivity contribution in [3.8, 4) is 0 Å². The van der Waals surface area contributed by atoms with Crippen LogP contribution in [0.4, 0.5) is 5.82 Å². The van der Waals surface area contributed by atoms with Crippen LogP contribution in [0.25, 0.3) is 10.1 Å². The van der Waals surface area contributed by atoms with Crippen molar-refractivity contribution in [1.82, 2.24) is 9.88 Å². The Morgan fingerprint density at radius 1 is 1.25 bits per heavy atom. The Kier molecular flexibility index (Phi) is 3.15. The molecule has 2 aromatic rings. The molecule has 2 atom stereocenters. The van der Waals surface area contributed by atoms with Gasteiger partial charge in [0, 0.05) is 34.4 Å². The number of nitrogens with zero attached hydrogens (tertiary/aromatic N) is 2. The summed E-state index contributed by atoms with van der Waals surface area (Å²) in [6, 6.07) is 6.41. The van der Waals surface area contributed by atoms with Crippen LogP contribution in [-0.2, 0) is 0 Å². The molecule has 2 unspecified atom stereocenters. The lowest BCUT2D eigenvalue weighted by molar-refractivity contribution is 0.0608. The third-order valence-electron chi connectivity index (χ3n) is 5.06. The van der Waals surface area contributed by atoms with Crippen molar-refractivity contribution in [3.05, 3.63) is 23.7 Å². The minimum atomic E-state index is 0.583. The normalized spacial score (nSPS) is 30.6. The number of aromatic nitrogens is 1. The van der Waals surface area contributed by atoms with Gasteiger partial charge in [0.1, 0.15) is 5.82 Å². The highest BCUT2D eigenvalue weighted by Gasteiger charge is 2.36. The maximum atomic E-state index is 4.57. The third-order valence-corrected chi connectivity index (χ3v) is 5.94. The van der Waals surface area contributed by atoms with Crippen LogP contribution in [0.2, 0.25) is 0 Å². The van der Waals surface area contributed by atoms with E-state index in [1.807, 2.05) is 6.20 Å². The largest absolute Gasteiger partial charge is 0.367 e. The first-order valence-corrected chi connectivity index (χ1v) is 8.50. The van der Waals surface area contributed by atoms with Gasteiger partial charge in [0.15, 0.2) is 0 Å². The maximum Gasteiger partial charge on any atom is 0.134 e. The van der Waals surface area contributed by atoms with Crippen molar-refractivity contribution in [2.24, 2.45) is 0 Å². The Balaban J connectivity index is 1.56. The molecule has 4 rings (SSSR count). The van der Waals surface area contributed by atoms with Crippen molar-refractivity contribution in [1.29, 1.82) is 0 Å². The Hall–Kier alpha value is -1.13. The number of thiophene rings is 1. The van der Waals surface area contributed by atoms with Crippen LogP contribution < -0.4 is 5.32 Å². The summed E-state index contributed by atoms with van der Waals surface area (Å²) in [6.45, 7) is 0. The SMILES string of the molecule is CN1C2CCCC1CC(Nc1nccc3sccc13)C2. The molecule has 4 heteroatoms. The van der Waals surface area contributed by atoms with Crippen LogP contribution >= 0.6 is 11.3 Å². The fourth-order valence-corrected chi connectivity index (χ4v) is 4.72. The van der Waals surface area contributed by atoms with Gasteiger partial charge in [-0.05, 0) is 50.2 Å². The molecule has 0 aliphatic carbocycles. The summed E-state index contributed by atoms with van der Waals surface area (Å²) in [7, 11) is 2.31. The third kappa shape index (κ3) is 2.11. The topological polar surface area (TPSA) is 28.2 Å². The fourth-order valence-electron chi connectivity index (χ4n) is 3.94. The van der Waals surface area contributed by atoms with Gasteiger partial charge in [-0.25, -0.2) is 4.98 Å². The molecule has 0 aromatic carbocycles. The minimum absolute atomic E-state index is 0.583. The molecule has 2 aliphatic heterocycles. The van der Waals surface area contributed by atoms with E-state index in [-0.39, 0.29) is 0 Å². The van der Waals surface area contributed by atoms with Gasteiger partial charge in [0.2, 0.25) is 0 Å². The second kappa shape index (κ2) is 5.01. The Morgan fingerprint density at radius 3 is 2.85 bits per heavy atom. The highest BCUT2D eigenvalue weighted by molar-refractivity contribution is 7.17. The first-order chi connectivity index (χ1) is 9.81. The summed E-state index contributed by atoms with van der Waals surface area (Å²) in [5.41, 5.74) is 0. The summed E-state index contributed by atoms with van der Waals surface area (Å²) in [5, 5.41) is 7.16. The van der Waals surface area contributed by atoms with Crippen LogP contribution in [-0.4, -0.2) is 35.1 Å². The summed E-state index contributed by atoms with van der Waals surface area (Å²) in [6.07, 6.45) is 8.58. The van der Waals surface area contributed by atoms with Crippen molar-refractivity contribution in [2.75, 3.05) is 12.4 Å². The number of hydrogen-bond donors (Lipinski definition) is 1. The molecule has 0 spiro atoms. The summed E-state index contributed by atoms with van der Waals surface area (Å²) < 4.78 is 1.33. The number of nitrogens with one attached hydrogen (secondary N) is 1. The summed E-state index contributed by atoms with van der Waals surface area (Å²) in [5.74, 6) is 1.08. The molecular weight excluding hydrogens is 266 g/mol. The number of fused-ring (bicyclic) bond motifs is 3. The van der Waals surface area contributed by atoms with E-state index in [4.69, 9.17) is 0 Å². The standard InChI is InChI=1S/C16H21N3S/c1-19-12-3-2-4-13(19)10-11(9-12)18-16-14-6-8-20-15(14)5-7-17-16/h5-8,11-13H,2-4,9-10H2,1H3,(H,17,18). The molecule has 2 fully saturated rings. The summed E-state index contributed by atoms with van der Waals surface area (Å²) >= 11 is 1.79. The number of rotatable bonds is 2. The highest BCUT2D eigenvalue weighted by atomic mass is 32.1. The van der Waals surface area contributed by atoms with Crippen molar-refractivity contribution in [2.45, 2.75) is 50.2 Å². The summed E-state index contributed by atoms with van der Waals surface area (Å²) in [4.78, 5) is 7.18. The van der Waals surface area contributed by atoms with Crippen molar-refractivity contribution in [3.63, 3.8) is 0 Å². The van der Waals surface area contributed by atoms with E-state index >= 15 is 0 Å². The molecule has 2 saturated heterocycles. The van der Waals surface area contributed by atoms with Gasteiger partial charge in [-0.1, -0.05) is 6.42 Å². The smallest absolute Gasteiger partial charge is 0.134 e. The van der Waals surface area contributed by atoms with Gasteiger partial charge < -0.3 is 10.2 Å². The van der Waals surface area contributed by atoms with E-state index in [9.17, 15) is 0 Å². The van der Waals surface area contributed by atoms with Gasteiger partial charge in [0.25, 0.3) is 0 Å². The Labute approximate surface area is 124 Å². The second-order valence-corrected chi connectivity index (χ2v) is 7.16. The van der Waals surface area contributed by atoms with E-state index in [1.165, 1.54) is 42.2 Å². The van der Waals surface area contributed by atoms with Crippen molar-refractivity contribution < 1.29 is 0 Å². The lowest BCUT2D eigenvalue weighted by Gasteiger charge is -2.47. The predicted molar refractivity (Wildman–Crippen MR) is 85.5 cm³/mol. The molecule has 0 amide bonds. The molecule has 2 aliphatic rings. The molecule has 2 bridgehead atoms. The fraction of sp³-hybridized carbons (Fsp3) is 0.562. The Bertz CT molecular complexity index is 595. The van der Waals surface area contributed by atoms with Gasteiger partial charge in [-0.3, -0.25) is 0 Å². The molecule has 2 aromatic heterocycles. The van der Waals surface area contributed by atoms with Crippen LogP contribution in [0.15, 0.2) is 23.7 Å². The van der Waals surface area contributed by atoms with E-state index in [1.54, 1.807) is 11.3 Å². The van der Waals surface area contributed by atoms with Gasteiger partial charge >= 0.3 is 0 Å². The van der Waals surface area contributed by atoms with Crippen LogP contribution in [0, 0.1) is 0 Å². The monoisotopic (exact) mass is 287 g/mol. The molecule has 4 heterocycles. The number of pyridine rings is 1. The molecule has 0 radical (unpaired) electrons. The Morgan fingerprint density at radius 2 is 2.05 bits per heavy atom. The minimum Gasteiger partial charge on any atom is -0.367 e. The highest BCUT2D eigenvalue weighted by Crippen LogP contribution is 2.35. The number of hydrogen-bond acceptors (Lipinski definition) is 4. The van der Waals surface area contributed by atoms with E-state index in [2.05, 4.69) is 39.8 Å². The van der Waals surface area contributed by atoms with Gasteiger partial charge in [0.05, 0.1) is 0 Å². The van der Waals surface area contributed by atoms with Crippen LogP contribution in [0.5, 0.6) is 0 Å². The quantitative estimate of drug-likeness (QED) is 0.912. The second-order valence-electron chi connectivity index (χ2n) is 6.21. The lowest BCUT2D eigenvalue weighted by Crippen LogP contribution is -2.52. The predicted octanol–water partition coefficient (Wildman–Crippen LogP) is 3.72. The number of anilines is 1. The van der Waals surface area contributed by atoms with Crippen LogP contribution in [0.1, 0.15) is 32.1 Å². The molecule has 20 heavy (non-hydrogen) atoms. The zero-order valence-corrected chi connectivity index (χ0v) is 12.7. The van der Waals surface area contributed by atoms with E-state index in [0.717, 1.165) is 17.9 Å². The zero-order valence-electron chi connectivity index (χ0n) is 11.9. The van der Waals surface area contributed by atoms with Gasteiger partial charge in [-0.15, -0.1) is 11.3 Å². The van der Waals surface area contributed by atoms with Gasteiger partial charge in [-0.2, -0.15) is 0 Å². The molecule has 3 nitrogen and oxygen atoms in total. The molecule has 106 valence electrons. The maximum absolute atomic E-state index is 4.57. The average Bonchev–Trinajstić information content (AvgIpc) is 2.89. The lowest BCUT2D eigenvalue weighted by atomic mass is 9.82. The van der Waals surface area contributed by atoms with E-state index < -0.39 is 0 Å². The van der Waals surface area contributed by atoms with Crippen LogP contribution in [0.3, 0.4) is 0 Å². The van der Waals surface area contributed by atoms with Crippen molar-refractivity contribution >= 4 is 27.2 Å².